The van der Waals surface area contributed by atoms with Crippen molar-refractivity contribution in [2.24, 2.45) is 0 Å². The van der Waals surface area contributed by atoms with Crippen LogP contribution in [0, 0.1) is 0 Å². The molecular formula is C14H24O4. The highest BCUT2D eigenvalue weighted by Crippen LogP contribution is 2.07. The van der Waals surface area contributed by atoms with Gasteiger partial charge in [0, 0.05) is 20.0 Å². The number of ether oxygens (including phenoxy) is 2. The molecule has 0 amide bonds. The second kappa shape index (κ2) is 11.1. The molecule has 18 heavy (non-hydrogen) atoms. The Labute approximate surface area is 109 Å². The molecule has 0 N–H and O–H groups in total. The van der Waals surface area contributed by atoms with E-state index in [1.54, 1.807) is 14.0 Å². The van der Waals surface area contributed by atoms with E-state index in [1.807, 2.05) is 0 Å². The Morgan fingerprint density at radius 3 is 2.33 bits per heavy atom. The van der Waals surface area contributed by atoms with Crippen LogP contribution in [0.5, 0.6) is 0 Å². The van der Waals surface area contributed by atoms with Crippen molar-refractivity contribution in [1.82, 2.24) is 0 Å². The third-order valence-electron chi connectivity index (χ3n) is 2.53. The first-order valence-electron chi connectivity index (χ1n) is 6.35. The third-order valence-corrected chi connectivity index (χ3v) is 2.53. The van der Waals surface area contributed by atoms with Gasteiger partial charge in [0.25, 0.3) is 0 Å². The van der Waals surface area contributed by atoms with Crippen molar-refractivity contribution in [1.29, 1.82) is 0 Å². The van der Waals surface area contributed by atoms with E-state index < -0.39 is 0 Å². The van der Waals surface area contributed by atoms with E-state index >= 15 is 0 Å². The normalized spacial score (nSPS) is 10.3. The van der Waals surface area contributed by atoms with Crippen LogP contribution in [0.3, 0.4) is 0 Å². The summed E-state index contributed by atoms with van der Waals surface area (Å²) in [5.41, 5.74) is 0.609. The van der Waals surface area contributed by atoms with Gasteiger partial charge in [-0.2, -0.15) is 0 Å². The fourth-order valence-electron chi connectivity index (χ4n) is 1.40. The summed E-state index contributed by atoms with van der Waals surface area (Å²) in [6, 6.07) is 0. The van der Waals surface area contributed by atoms with Crippen molar-refractivity contribution in [3.63, 3.8) is 0 Å². The number of ketones is 2. The van der Waals surface area contributed by atoms with Gasteiger partial charge in [-0.1, -0.05) is 13.0 Å². The Morgan fingerprint density at radius 2 is 1.72 bits per heavy atom. The van der Waals surface area contributed by atoms with Gasteiger partial charge in [-0.05, 0) is 25.3 Å². The number of Topliss-reactive ketones (excluding diaryl/α,β-unsaturated/α-hetero) is 2. The van der Waals surface area contributed by atoms with E-state index in [0.717, 1.165) is 19.3 Å². The third kappa shape index (κ3) is 10.2. The molecule has 0 aromatic carbocycles. The molecule has 0 heterocycles. The largest absolute Gasteiger partial charge is 0.382 e. The van der Waals surface area contributed by atoms with Gasteiger partial charge in [0.2, 0.25) is 0 Å². The van der Waals surface area contributed by atoms with Crippen molar-refractivity contribution < 1.29 is 19.1 Å². The molecule has 0 aliphatic heterocycles. The second-order valence-corrected chi connectivity index (χ2v) is 4.35. The molecule has 0 spiro atoms. The van der Waals surface area contributed by atoms with E-state index in [1.165, 1.54) is 0 Å². The van der Waals surface area contributed by atoms with Crippen LogP contribution in [0.25, 0.3) is 0 Å². The van der Waals surface area contributed by atoms with E-state index in [2.05, 4.69) is 6.58 Å². The molecular weight excluding hydrogens is 232 g/mol. The summed E-state index contributed by atoms with van der Waals surface area (Å²) in [6.07, 6.45) is 3.59. The summed E-state index contributed by atoms with van der Waals surface area (Å²) >= 11 is 0. The Morgan fingerprint density at radius 1 is 1.06 bits per heavy atom. The van der Waals surface area contributed by atoms with Crippen molar-refractivity contribution in [3.8, 4) is 0 Å². The number of unbranched alkanes of at least 4 members (excludes halogenated alkanes) is 2. The van der Waals surface area contributed by atoms with Gasteiger partial charge in [0.15, 0.2) is 11.6 Å². The van der Waals surface area contributed by atoms with Gasteiger partial charge in [-0.25, -0.2) is 0 Å². The first-order chi connectivity index (χ1) is 8.57. The van der Waals surface area contributed by atoms with E-state index in [-0.39, 0.29) is 18.2 Å². The summed E-state index contributed by atoms with van der Waals surface area (Å²) in [4.78, 5) is 22.6. The predicted octanol–water partition coefficient (Wildman–Crippen LogP) is 2.31. The average Bonchev–Trinajstić information content (AvgIpc) is 2.33. The summed E-state index contributed by atoms with van der Waals surface area (Å²) in [6.45, 7) is 6.45. The smallest absolute Gasteiger partial charge is 0.158 e. The molecule has 0 unspecified atom stereocenters. The molecule has 4 nitrogen and oxygen atoms in total. The lowest BCUT2D eigenvalue weighted by atomic mass is 10.1. The Bertz CT molecular complexity index is 271. The fraction of sp³-hybridized carbons (Fsp3) is 0.714. The van der Waals surface area contributed by atoms with Gasteiger partial charge in [0.1, 0.15) is 6.61 Å². The van der Waals surface area contributed by atoms with Crippen LogP contribution in [-0.2, 0) is 19.1 Å². The zero-order valence-corrected chi connectivity index (χ0v) is 11.5. The maximum atomic E-state index is 11.4. The molecule has 4 heteroatoms. The highest BCUT2D eigenvalue weighted by Gasteiger charge is 2.04. The minimum absolute atomic E-state index is 0.109. The number of carbonyl (C=O) groups is 2. The van der Waals surface area contributed by atoms with Crippen LogP contribution >= 0.6 is 0 Å². The molecule has 0 bridgehead atoms. The van der Waals surface area contributed by atoms with Crippen LogP contribution in [0.15, 0.2) is 12.2 Å². The number of allylic oxidation sites excluding steroid dienone is 1. The summed E-state index contributed by atoms with van der Waals surface area (Å²) in [5, 5.41) is 0. The van der Waals surface area contributed by atoms with Crippen LogP contribution in [0.2, 0.25) is 0 Å². The summed E-state index contributed by atoms with van der Waals surface area (Å²) in [7, 11) is 1.59. The van der Waals surface area contributed by atoms with Crippen LogP contribution < -0.4 is 0 Å². The molecule has 0 aromatic heterocycles. The van der Waals surface area contributed by atoms with Gasteiger partial charge in [0.05, 0.1) is 13.2 Å². The SMILES string of the molecule is C=C(C)C(=O)CCCCCC(=O)COCCOC. The van der Waals surface area contributed by atoms with Gasteiger partial charge < -0.3 is 9.47 Å². The second-order valence-electron chi connectivity index (χ2n) is 4.35. The minimum atomic E-state index is 0.109. The zero-order chi connectivity index (χ0) is 13.8. The van der Waals surface area contributed by atoms with Gasteiger partial charge >= 0.3 is 0 Å². The number of hydrogen-bond donors (Lipinski definition) is 0. The van der Waals surface area contributed by atoms with Crippen LogP contribution in [-0.4, -0.2) is 38.5 Å². The molecule has 0 radical (unpaired) electrons. The van der Waals surface area contributed by atoms with Gasteiger partial charge in [-0.15, -0.1) is 0 Å². The maximum absolute atomic E-state index is 11.4. The monoisotopic (exact) mass is 256 g/mol. The summed E-state index contributed by atoms with van der Waals surface area (Å²) < 4.78 is 9.93. The van der Waals surface area contributed by atoms with Crippen molar-refractivity contribution in [2.45, 2.75) is 39.0 Å². The van der Waals surface area contributed by atoms with Crippen molar-refractivity contribution in [3.05, 3.63) is 12.2 Å². The van der Waals surface area contributed by atoms with E-state index in [4.69, 9.17) is 9.47 Å². The molecule has 0 fully saturated rings. The van der Waals surface area contributed by atoms with E-state index in [9.17, 15) is 9.59 Å². The van der Waals surface area contributed by atoms with Crippen LogP contribution in [0.4, 0.5) is 0 Å². The molecule has 104 valence electrons. The first-order valence-corrected chi connectivity index (χ1v) is 6.35. The lowest BCUT2D eigenvalue weighted by molar-refractivity contribution is -0.124. The number of methoxy groups -OCH3 is 1. The lowest BCUT2D eigenvalue weighted by Crippen LogP contribution is -2.11. The molecule has 0 rings (SSSR count). The quantitative estimate of drug-likeness (QED) is 0.397. The number of carbonyl (C=O) groups excluding carboxylic acids is 2. The topological polar surface area (TPSA) is 52.6 Å². The number of rotatable bonds is 12. The zero-order valence-electron chi connectivity index (χ0n) is 11.5. The Balaban J connectivity index is 3.35. The molecule has 0 saturated carbocycles. The fourth-order valence-corrected chi connectivity index (χ4v) is 1.40. The molecule has 0 aromatic rings. The van der Waals surface area contributed by atoms with Gasteiger partial charge in [-0.3, -0.25) is 9.59 Å². The number of hydrogen-bond acceptors (Lipinski definition) is 4. The van der Waals surface area contributed by atoms with Crippen molar-refractivity contribution in [2.75, 3.05) is 26.9 Å². The Hall–Kier alpha value is -1.00. The first kappa shape index (κ1) is 17.0. The highest BCUT2D eigenvalue weighted by molar-refractivity contribution is 5.93. The molecule has 0 aliphatic carbocycles. The standard InChI is InChI=1S/C14H24O4/c1-12(2)14(16)8-6-4-5-7-13(15)11-18-10-9-17-3/h1,4-11H2,2-3H3. The average molecular weight is 256 g/mol. The lowest BCUT2D eigenvalue weighted by Gasteiger charge is -2.03. The highest BCUT2D eigenvalue weighted by atomic mass is 16.5. The predicted molar refractivity (Wildman–Crippen MR) is 70.6 cm³/mol. The summed E-state index contributed by atoms with van der Waals surface area (Å²) in [5.74, 6) is 0.224. The van der Waals surface area contributed by atoms with E-state index in [0.29, 0.717) is 31.6 Å². The molecule has 0 aliphatic rings. The minimum Gasteiger partial charge on any atom is -0.382 e. The van der Waals surface area contributed by atoms with Crippen LogP contribution in [0.1, 0.15) is 39.0 Å². The van der Waals surface area contributed by atoms with Crippen molar-refractivity contribution >= 4 is 11.6 Å². The maximum Gasteiger partial charge on any atom is 0.158 e. The molecule has 0 saturated heterocycles. The Kier molecular flexibility index (Phi) is 10.5. The molecule has 0 atom stereocenters.